The Morgan fingerprint density at radius 2 is 1.94 bits per heavy atom. The van der Waals surface area contributed by atoms with Crippen molar-refractivity contribution < 1.29 is 4.74 Å². The highest BCUT2D eigenvalue weighted by Gasteiger charge is 2.53. The first-order valence-electron chi connectivity index (χ1n) is 7.00. The third kappa shape index (κ3) is 2.58. The maximum absolute atomic E-state index is 6.23. The molecule has 0 spiro atoms. The van der Waals surface area contributed by atoms with E-state index in [2.05, 4.69) is 51.8 Å². The van der Waals surface area contributed by atoms with Crippen LogP contribution in [0.1, 0.15) is 53.9 Å². The summed E-state index contributed by atoms with van der Waals surface area (Å²) in [6.45, 7) is 11.1. The molecule has 18 heavy (non-hydrogen) atoms. The van der Waals surface area contributed by atoms with Crippen LogP contribution in [0.2, 0.25) is 0 Å². The number of rotatable bonds is 3. The number of hydrogen-bond donors (Lipinski definition) is 2. The highest BCUT2D eigenvalue weighted by Crippen LogP contribution is 2.50. The second kappa shape index (κ2) is 4.65. The summed E-state index contributed by atoms with van der Waals surface area (Å²) in [6.07, 6.45) is 3.63. The van der Waals surface area contributed by atoms with Crippen molar-refractivity contribution in [3.05, 3.63) is 0 Å². The van der Waals surface area contributed by atoms with Gasteiger partial charge in [-0.25, -0.2) is 0 Å². The number of nitrogens with one attached hydrogen (secondary N) is 1. The predicted molar refractivity (Wildman–Crippen MR) is 78.6 cm³/mol. The van der Waals surface area contributed by atoms with Gasteiger partial charge in [-0.2, -0.15) is 11.8 Å². The van der Waals surface area contributed by atoms with Gasteiger partial charge in [0, 0.05) is 16.7 Å². The minimum atomic E-state index is -0.104. The molecular formula is C14H28N2OS. The van der Waals surface area contributed by atoms with Crippen molar-refractivity contribution in [1.82, 2.24) is 5.43 Å². The normalized spacial score (nSPS) is 40.0. The molecule has 2 saturated heterocycles. The molecule has 0 aromatic heterocycles. The Morgan fingerprint density at radius 1 is 1.28 bits per heavy atom. The summed E-state index contributed by atoms with van der Waals surface area (Å²) in [5, 5.41) is 0. The van der Waals surface area contributed by atoms with E-state index >= 15 is 0 Å². The molecule has 0 aromatic carbocycles. The molecule has 3 atom stereocenters. The van der Waals surface area contributed by atoms with E-state index in [1.807, 2.05) is 0 Å². The fourth-order valence-corrected chi connectivity index (χ4v) is 5.34. The predicted octanol–water partition coefficient (Wildman–Crippen LogP) is 2.70. The lowest BCUT2D eigenvalue weighted by Gasteiger charge is -2.41. The van der Waals surface area contributed by atoms with Gasteiger partial charge in [0.15, 0.2) is 0 Å². The third-order valence-corrected chi connectivity index (χ3v) is 6.24. The van der Waals surface area contributed by atoms with E-state index in [-0.39, 0.29) is 15.9 Å². The molecule has 106 valence electrons. The summed E-state index contributed by atoms with van der Waals surface area (Å²) in [7, 11) is 0. The summed E-state index contributed by atoms with van der Waals surface area (Å²) in [6, 6.07) is 0.321. The standard InChI is InChI=1S/C14H28N2OS/c1-12(2)9-10(13(3,4)17-12)11(16-15)14(5)7-6-8-18-14/h10-11,16H,6-9,15H2,1-5H3. The Labute approximate surface area is 116 Å². The fraction of sp³-hybridized carbons (Fsp3) is 1.00. The van der Waals surface area contributed by atoms with Gasteiger partial charge in [0.25, 0.3) is 0 Å². The van der Waals surface area contributed by atoms with E-state index < -0.39 is 0 Å². The van der Waals surface area contributed by atoms with Crippen LogP contribution in [-0.4, -0.2) is 27.7 Å². The van der Waals surface area contributed by atoms with Crippen LogP contribution in [0.4, 0.5) is 0 Å². The Balaban J connectivity index is 2.22. The van der Waals surface area contributed by atoms with Gasteiger partial charge in [0.1, 0.15) is 0 Å². The summed E-state index contributed by atoms with van der Waals surface area (Å²) >= 11 is 2.07. The first-order chi connectivity index (χ1) is 8.20. The molecule has 0 saturated carbocycles. The monoisotopic (exact) mass is 272 g/mol. The van der Waals surface area contributed by atoms with Crippen LogP contribution in [0.5, 0.6) is 0 Å². The molecule has 0 aliphatic carbocycles. The lowest BCUT2D eigenvalue weighted by Crippen LogP contribution is -2.56. The molecule has 3 unspecified atom stereocenters. The smallest absolute Gasteiger partial charge is 0.0678 e. The molecule has 2 heterocycles. The zero-order chi connectivity index (χ0) is 13.6. The Morgan fingerprint density at radius 3 is 2.33 bits per heavy atom. The van der Waals surface area contributed by atoms with Crippen molar-refractivity contribution in [1.29, 1.82) is 0 Å². The topological polar surface area (TPSA) is 47.3 Å². The van der Waals surface area contributed by atoms with Crippen molar-refractivity contribution >= 4 is 11.8 Å². The SMILES string of the molecule is CC1(C)CC(C(NN)C2(C)CCCS2)C(C)(C)O1. The summed E-state index contributed by atoms with van der Waals surface area (Å²) in [4.78, 5) is 0. The number of hydrogen-bond acceptors (Lipinski definition) is 4. The first kappa shape index (κ1) is 14.6. The molecular weight excluding hydrogens is 244 g/mol. The van der Waals surface area contributed by atoms with Crippen LogP contribution >= 0.6 is 11.8 Å². The zero-order valence-corrected chi connectivity index (χ0v) is 13.2. The minimum Gasteiger partial charge on any atom is -0.369 e. The molecule has 0 radical (unpaired) electrons. The molecule has 4 heteroatoms. The largest absolute Gasteiger partial charge is 0.369 e. The molecule has 2 fully saturated rings. The van der Waals surface area contributed by atoms with Crippen LogP contribution < -0.4 is 11.3 Å². The van der Waals surface area contributed by atoms with E-state index in [1.54, 1.807) is 0 Å². The van der Waals surface area contributed by atoms with E-state index in [9.17, 15) is 0 Å². The van der Waals surface area contributed by atoms with Crippen molar-refractivity contribution in [2.45, 2.75) is 75.9 Å². The van der Waals surface area contributed by atoms with Gasteiger partial charge in [-0.05, 0) is 59.6 Å². The highest BCUT2D eigenvalue weighted by molar-refractivity contribution is 8.00. The van der Waals surface area contributed by atoms with Crippen molar-refractivity contribution in [3.8, 4) is 0 Å². The fourth-order valence-electron chi connectivity index (χ4n) is 3.89. The maximum Gasteiger partial charge on any atom is 0.0678 e. The maximum atomic E-state index is 6.23. The van der Waals surface area contributed by atoms with Gasteiger partial charge in [-0.15, -0.1) is 0 Å². The molecule has 3 nitrogen and oxygen atoms in total. The van der Waals surface area contributed by atoms with Gasteiger partial charge >= 0.3 is 0 Å². The number of ether oxygens (including phenoxy) is 1. The van der Waals surface area contributed by atoms with E-state index in [0.717, 1.165) is 6.42 Å². The first-order valence-corrected chi connectivity index (χ1v) is 7.99. The molecule has 2 rings (SSSR count). The van der Waals surface area contributed by atoms with Gasteiger partial charge in [0.2, 0.25) is 0 Å². The summed E-state index contributed by atoms with van der Waals surface area (Å²) in [5.41, 5.74) is 2.98. The number of hydrazine groups is 1. The van der Waals surface area contributed by atoms with Crippen LogP contribution in [0, 0.1) is 5.92 Å². The highest BCUT2D eigenvalue weighted by atomic mass is 32.2. The van der Waals surface area contributed by atoms with Crippen molar-refractivity contribution in [3.63, 3.8) is 0 Å². The quantitative estimate of drug-likeness (QED) is 0.612. The van der Waals surface area contributed by atoms with Crippen LogP contribution in [0.3, 0.4) is 0 Å². The molecule has 0 aromatic rings. The number of thioether (sulfide) groups is 1. The van der Waals surface area contributed by atoms with Gasteiger partial charge in [0.05, 0.1) is 11.2 Å². The van der Waals surface area contributed by atoms with Gasteiger partial charge in [-0.1, -0.05) is 0 Å². The van der Waals surface area contributed by atoms with E-state index in [0.29, 0.717) is 12.0 Å². The van der Waals surface area contributed by atoms with E-state index in [1.165, 1.54) is 18.6 Å². The number of nitrogens with two attached hydrogens (primary N) is 1. The lowest BCUT2D eigenvalue weighted by atomic mass is 9.76. The van der Waals surface area contributed by atoms with Crippen LogP contribution in [0.25, 0.3) is 0 Å². The van der Waals surface area contributed by atoms with Crippen LogP contribution in [-0.2, 0) is 4.74 Å². The van der Waals surface area contributed by atoms with Crippen molar-refractivity contribution in [2.24, 2.45) is 11.8 Å². The minimum absolute atomic E-state index is 0.0388. The average Bonchev–Trinajstić information content (AvgIpc) is 2.71. The molecule has 0 bridgehead atoms. The third-order valence-electron chi connectivity index (χ3n) is 4.63. The van der Waals surface area contributed by atoms with Gasteiger partial charge in [-0.3, -0.25) is 11.3 Å². The summed E-state index contributed by atoms with van der Waals surface area (Å²) < 4.78 is 6.48. The average molecular weight is 272 g/mol. The lowest BCUT2D eigenvalue weighted by molar-refractivity contribution is -0.0788. The molecule has 2 aliphatic rings. The molecule has 3 N–H and O–H groups in total. The van der Waals surface area contributed by atoms with Crippen LogP contribution in [0.15, 0.2) is 0 Å². The summed E-state index contributed by atoms with van der Waals surface area (Å²) in [5.74, 6) is 7.63. The van der Waals surface area contributed by atoms with Gasteiger partial charge < -0.3 is 4.74 Å². The van der Waals surface area contributed by atoms with Crippen molar-refractivity contribution in [2.75, 3.05) is 5.75 Å². The molecule has 0 amide bonds. The zero-order valence-electron chi connectivity index (χ0n) is 12.4. The Bertz CT molecular complexity index is 311. The Kier molecular flexibility index (Phi) is 3.78. The second-order valence-corrected chi connectivity index (χ2v) is 8.81. The van der Waals surface area contributed by atoms with E-state index in [4.69, 9.17) is 10.6 Å². The molecule has 2 aliphatic heterocycles. The Hall–Kier alpha value is 0.230. The second-order valence-electron chi connectivity index (χ2n) is 7.18.